The lowest BCUT2D eigenvalue weighted by Crippen LogP contribution is -2.22. The van der Waals surface area contributed by atoms with Crippen LogP contribution in [0, 0.1) is 17.3 Å². The zero-order valence-corrected chi connectivity index (χ0v) is 15.1. The predicted octanol–water partition coefficient (Wildman–Crippen LogP) is 3.92. The summed E-state index contributed by atoms with van der Waals surface area (Å²) >= 11 is 0. The summed E-state index contributed by atoms with van der Waals surface area (Å²) in [4.78, 5) is 23.3. The molecule has 2 N–H and O–H groups in total. The van der Waals surface area contributed by atoms with Gasteiger partial charge in [-0.1, -0.05) is 31.9 Å². The van der Waals surface area contributed by atoms with E-state index in [1.807, 2.05) is 0 Å². The summed E-state index contributed by atoms with van der Waals surface area (Å²) in [5.41, 5.74) is 3.82. The SMILES string of the molecule is C[C@]12CCCC[C@H]1[C@H]2C(=O)N/N=C/c1ccc(-c2ccc(C(=O)O)cc2)o1. The van der Waals surface area contributed by atoms with Gasteiger partial charge in [-0.15, -0.1) is 0 Å². The van der Waals surface area contributed by atoms with Crippen molar-refractivity contribution in [2.45, 2.75) is 32.6 Å². The molecule has 3 atom stereocenters. The van der Waals surface area contributed by atoms with Gasteiger partial charge >= 0.3 is 5.97 Å². The number of hydrogen-bond acceptors (Lipinski definition) is 4. The van der Waals surface area contributed by atoms with Crippen molar-refractivity contribution in [3.8, 4) is 11.3 Å². The Morgan fingerprint density at radius 2 is 2.00 bits per heavy atom. The van der Waals surface area contributed by atoms with Crippen LogP contribution in [-0.2, 0) is 4.79 Å². The molecule has 2 aromatic rings. The summed E-state index contributed by atoms with van der Waals surface area (Å²) in [6.07, 6.45) is 6.18. The third-order valence-electron chi connectivity index (χ3n) is 6.02. The molecule has 0 aliphatic heterocycles. The zero-order chi connectivity index (χ0) is 19.0. The van der Waals surface area contributed by atoms with E-state index in [2.05, 4.69) is 17.5 Å². The minimum Gasteiger partial charge on any atom is -0.478 e. The summed E-state index contributed by atoms with van der Waals surface area (Å²) in [5.74, 6) is 0.751. The maximum atomic E-state index is 12.4. The summed E-state index contributed by atoms with van der Waals surface area (Å²) in [7, 11) is 0. The molecule has 0 radical (unpaired) electrons. The lowest BCUT2D eigenvalue weighted by Gasteiger charge is -2.15. The van der Waals surface area contributed by atoms with Crippen molar-refractivity contribution < 1.29 is 19.1 Å². The van der Waals surface area contributed by atoms with E-state index in [1.165, 1.54) is 31.2 Å². The fourth-order valence-corrected chi connectivity index (χ4v) is 4.43. The van der Waals surface area contributed by atoms with Crippen molar-refractivity contribution in [3.63, 3.8) is 0 Å². The van der Waals surface area contributed by atoms with Crippen LogP contribution in [0.1, 0.15) is 48.7 Å². The maximum absolute atomic E-state index is 12.4. The number of hydrazone groups is 1. The average molecular weight is 366 g/mol. The molecule has 0 spiro atoms. The van der Waals surface area contributed by atoms with Gasteiger partial charge in [-0.25, -0.2) is 10.2 Å². The Bertz CT molecular complexity index is 899. The third kappa shape index (κ3) is 3.27. The number of fused-ring (bicyclic) bond motifs is 1. The number of nitrogens with zero attached hydrogens (tertiary/aromatic N) is 1. The number of amides is 1. The molecular formula is C21H22N2O4. The highest BCUT2D eigenvalue weighted by Gasteiger charge is 2.64. The lowest BCUT2D eigenvalue weighted by molar-refractivity contribution is -0.123. The van der Waals surface area contributed by atoms with E-state index in [9.17, 15) is 9.59 Å². The highest BCUT2D eigenvalue weighted by Crippen LogP contribution is 2.66. The Labute approximate surface area is 157 Å². The summed E-state index contributed by atoms with van der Waals surface area (Å²) in [6, 6.07) is 10.00. The van der Waals surface area contributed by atoms with Gasteiger partial charge in [0.2, 0.25) is 5.91 Å². The number of aromatic carboxylic acids is 1. The molecule has 140 valence electrons. The van der Waals surface area contributed by atoms with Gasteiger partial charge in [0, 0.05) is 11.5 Å². The summed E-state index contributed by atoms with van der Waals surface area (Å²) in [6.45, 7) is 2.21. The number of nitrogens with one attached hydrogen (secondary N) is 1. The number of carbonyl (C=O) groups is 2. The molecule has 2 aliphatic rings. The van der Waals surface area contributed by atoms with Gasteiger partial charge in [-0.2, -0.15) is 5.10 Å². The standard InChI is InChI=1S/C21H22N2O4/c1-21-11-3-2-4-16(21)18(21)19(24)23-22-12-15-9-10-17(27-15)13-5-7-14(8-6-13)20(25)26/h5-10,12,16,18H,2-4,11H2,1H3,(H,23,24)(H,25,26)/b22-12+/t16-,18-,21-/m0/s1. The van der Waals surface area contributed by atoms with E-state index in [0.717, 1.165) is 18.4 Å². The van der Waals surface area contributed by atoms with Gasteiger partial charge in [0.25, 0.3) is 0 Å². The zero-order valence-electron chi connectivity index (χ0n) is 15.1. The maximum Gasteiger partial charge on any atom is 0.335 e. The minimum atomic E-state index is -0.964. The van der Waals surface area contributed by atoms with Crippen molar-refractivity contribution in [1.29, 1.82) is 0 Å². The van der Waals surface area contributed by atoms with E-state index in [1.54, 1.807) is 24.3 Å². The first-order valence-electron chi connectivity index (χ1n) is 9.25. The first kappa shape index (κ1) is 17.5. The normalized spacial score (nSPS) is 26.6. The molecule has 27 heavy (non-hydrogen) atoms. The molecule has 0 unspecified atom stereocenters. The van der Waals surface area contributed by atoms with Crippen LogP contribution in [0.5, 0.6) is 0 Å². The fraction of sp³-hybridized carbons (Fsp3) is 0.381. The van der Waals surface area contributed by atoms with Gasteiger partial charge in [0.1, 0.15) is 11.5 Å². The molecule has 4 rings (SSSR count). The Morgan fingerprint density at radius 1 is 1.22 bits per heavy atom. The highest BCUT2D eigenvalue weighted by atomic mass is 16.4. The Morgan fingerprint density at radius 3 is 2.67 bits per heavy atom. The molecule has 1 aromatic carbocycles. The van der Waals surface area contributed by atoms with Crippen LogP contribution < -0.4 is 5.43 Å². The topological polar surface area (TPSA) is 91.9 Å². The molecule has 0 saturated heterocycles. The predicted molar refractivity (Wildman–Crippen MR) is 100 cm³/mol. The van der Waals surface area contributed by atoms with Gasteiger partial charge < -0.3 is 9.52 Å². The molecule has 6 nitrogen and oxygen atoms in total. The number of furan rings is 1. The Hall–Kier alpha value is -2.89. The first-order chi connectivity index (χ1) is 13.0. The molecular weight excluding hydrogens is 344 g/mol. The number of benzene rings is 1. The number of rotatable bonds is 5. The van der Waals surface area contributed by atoms with Crippen LogP contribution in [-0.4, -0.2) is 23.2 Å². The smallest absolute Gasteiger partial charge is 0.335 e. The largest absolute Gasteiger partial charge is 0.478 e. The first-order valence-corrected chi connectivity index (χ1v) is 9.25. The van der Waals surface area contributed by atoms with E-state index >= 15 is 0 Å². The van der Waals surface area contributed by atoms with E-state index in [-0.39, 0.29) is 22.8 Å². The Balaban J connectivity index is 1.36. The van der Waals surface area contributed by atoms with Crippen molar-refractivity contribution in [2.75, 3.05) is 0 Å². The lowest BCUT2D eigenvalue weighted by atomic mass is 9.90. The molecule has 1 aromatic heterocycles. The van der Waals surface area contributed by atoms with Crippen LogP contribution >= 0.6 is 0 Å². The molecule has 2 fully saturated rings. The molecule has 1 amide bonds. The van der Waals surface area contributed by atoms with E-state index in [4.69, 9.17) is 9.52 Å². The van der Waals surface area contributed by atoms with Crippen LogP contribution in [0.2, 0.25) is 0 Å². The average Bonchev–Trinajstić information content (AvgIpc) is 3.03. The number of hydrogen-bond donors (Lipinski definition) is 2. The quantitative estimate of drug-likeness (QED) is 0.620. The number of carbonyl (C=O) groups excluding carboxylic acids is 1. The molecule has 2 aliphatic carbocycles. The molecule has 2 saturated carbocycles. The van der Waals surface area contributed by atoms with Gasteiger partial charge in [-0.3, -0.25) is 4.79 Å². The Kier molecular flexibility index (Phi) is 4.34. The molecule has 0 bridgehead atoms. The van der Waals surface area contributed by atoms with Crippen LogP contribution in [0.4, 0.5) is 0 Å². The van der Waals surface area contributed by atoms with Crippen LogP contribution in [0.15, 0.2) is 45.9 Å². The minimum absolute atomic E-state index is 0.00307. The van der Waals surface area contributed by atoms with Gasteiger partial charge in [0.15, 0.2) is 0 Å². The van der Waals surface area contributed by atoms with Crippen molar-refractivity contribution >= 4 is 18.1 Å². The second-order valence-electron chi connectivity index (χ2n) is 7.65. The molecule has 6 heteroatoms. The summed E-state index contributed by atoms with van der Waals surface area (Å²) in [5, 5.41) is 13.0. The second-order valence-corrected chi connectivity index (χ2v) is 7.65. The van der Waals surface area contributed by atoms with Gasteiger partial charge in [-0.05, 0) is 48.4 Å². The van der Waals surface area contributed by atoms with E-state index < -0.39 is 5.97 Å². The molecule has 1 heterocycles. The van der Waals surface area contributed by atoms with Gasteiger partial charge in [0.05, 0.1) is 11.8 Å². The van der Waals surface area contributed by atoms with E-state index in [0.29, 0.717) is 17.4 Å². The second kappa shape index (κ2) is 6.68. The van der Waals surface area contributed by atoms with Crippen molar-refractivity contribution in [3.05, 3.63) is 47.7 Å². The van der Waals surface area contributed by atoms with Crippen LogP contribution in [0.25, 0.3) is 11.3 Å². The number of carboxylic acid groups (broad SMARTS) is 1. The highest BCUT2D eigenvalue weighted by molar-refractivity contribution is 5.88. The van der Waals surface area contributed by atoms with Crippen molar-refractivity contribution in [1.82, 2.24) is 5.43 Å². The van der Waals surface area contributed by atoms with Crippen LogP contribution in [0.3, 0.4) is 0 Å². The number of carboxylic acids is 1. The monoisotopic (exact) mass is 366 g/mol. The fourth-order valence-electron chi connectivity index (χ4n) is 4.43. The summed E-state index contributed by atoms with van der Waals surface area (Å²) < 4.78 is 5.69. The third-order valence-corrected chi connectivity index (χ3v) is 6.02. The van der Waals surface area contributed by atoms with Crippen molar-refractivity contribution in [2.24, 2.45) is 22.4 Å².